The molecule has 0 unspecified atom stereocenters. The SMILES string of the molecule is COC(=O)c1cc([N+](=O)[O-])ccc1-n1ccc(CC(F)(F)F)n1. The van der Waals surface area contributed by atoms with Crippen LogP contribution in [0.1, 0.15) is 16.1 Å². The van der Waals surface area contributed by atoms with Gasteiger partial charge in [0.05, 0.1) is 35.4 Å². The number of hydrogen-bond acceptors (Lipinski definition) is 5. The molecule has 2 rings (SSSR count). The van der Waals surface area contributed by atoms with E-state index in [0.29, 0.717) is 0 Å². The second-order valence-electron chi connectivity index (χ2n) is 4.49. The van der Waals surface area contributed by atoms with Gasteiger partial charge in [-0.2, -0.15) is 18.3 Å². The Hall–Kier alpha value is -2.91. The van der Waals surface area contributed by atoms with Crippen LogP contribution in [0.2, 0.25) is 0 Å². The van der Waals surface area contributed by atoms with Gasteiger partial charge in [0.25, 0.3) is 5.69 Å². The van der Waals surface area contributed by atoms with Gasteiger partial charge in [0.15, 0.2) is 0 Å². The van der Waals surface area contributed by atoms with Gasteiger partial charge in [-0.3, -0.25) is 10.1 Å². The van der Waals surface area contributed by atoms with Gasteiger partial charge in [-0.1, -0.05) is 0 Å². The van der Waals surface area contributed by atoms with Crippen LogP contribution in [0.5, 0.6) is 0 Å². The molecule has 7 nitrogen and oxygen atoms in total. The number of alkyl halides is 3. The topological polar surface area (TPSA) is 87.3 Å². The van der Waals surface area contributed by atoms with Crippen LogP contribution in [0.4, 0.5) is 18.9 Å². The summed E-state index contributed by atoms with van der Waals surface area (Å²) >= 11 is 0. The van der Waals surface area contributed by atoms with Crippen molar-refractivity contribution >= 4 is 11.7 Å². The van der Waals surface area contributed by atoms with Gasteiger partial charge in [0, 0.05) is 18.3 Å². The maximum atomic E-state index is 12.4. The first-order chi connectivity index (χ1) is 10.7. The number of carbonyl (C=O) groups is 1. The number of methoxy groups -OCH3 is 1. The summed E-state index contributed by atoms with van der Waals surface area (Å²) in [5.74, 6) is -0.864. The Morgan fingerprint density at radius 2 is 2.09 bits per heavy atom. The number of esters is 1. The molecule has 0 fully saturated rings. The van der Waals surface area contributed by atoms with Crippen molar-refractivity contribution in [3.05, 3.63) is 51.8 Å². The van der Waals surface area contributed by atoms with Gasteiger partial charge in [0.1, 0.15) is 0 Å². The number of benzene rings is 1. The summed E-state index contributed by atoms with van der Waals surface area (Å²) in [5.41, 5.74) is -0.692. The molecule has 0 spiro atoms. The molecular weight excluding hydrogens is 319 g/mol. The fourth-order valence-electron chi connectivity index (χ4n) is 1.91. The van der Waals surface area contributed by atoms with Gasteiger partial charge < -0.3 is 4.74 Å². The Balaban J connectivity index is 2.46. The lowest BCUT2D eigenvalue weighted by molar-refractivity contribution is -0.384. The van der Waals surface area contributed by atoms with E-state index in [1.54, 1.807) is 0 Å². The normalized spacial score (nSPS) is 11.3. The Kier molecular flexibility index (Phi) is 4.34. The molecule has 0 atom stereocenters. The highest BCUT2D eigenvalue weighted by Gasteiger charge is 2.29. The fourth-order valence-corrected chi connectivity index (χ4v) is 1.91. The van der Waals surface area contributed by atoms with E-state index in [1.165, 1.54) is 12.3 Å². The highest BCUT2D eigenvalue weighted by Crippen LogP contribution is 2.24. The zero-order valence-corrected chi connectivity index (χ0v) is 11.7. The van der Waals surface area contributed by atoms with Crippen molar-refractivity contribution in [2.24, 2.45) is 0 Å². The van der Waals surface area contributed by atoms with Crippen LogP contribution in [0.3, 0.4) is 0 Å². The molecule has 1 heterocycles. The number of halogens is 3. The number of hydrogen-bond donors (Lipinski definition) is 0. The van der Waals surface area contributed by atoms with E-state index < -0.39 is 23.5 Å². The fraction of sp³-hybridized carbons (Fsp3) is 0.231. The molecule has 0 N–H and O–H groups in total. The summed E-state index contributed by atoms with van der Waals surface area (Å²) in [4.78, 5) is 21.8. The molecule has 1 aromatic carbocycles. The van der Waals surface area contributed by atoms with Gasteiger partial charge in [-0.15, -0.1) is 0 Å². The molecule has 10 heteroatoms. The Morgan fingerprint density at radius 3 is 2.65 bits per heavy atom. The highest BCUT2D eigenvalue weighted by molar-refractivity contribution is 5.94. The van der Waals surface area contributed by atoms with E-state index >= 15 is 0 Å². The van der Waals surface area contributed by atoms with Gasteiger partial charge in [0.2, 0.25) is 0 Å². The lowest BCUT2D eigenvalue weighted by Gasteiger charge is -2.08. The van der Waals surface area contributed by atoms with E-state index in [9.17, 15) is 28.1 Å². The lowest BCUT2D eigenvalue weighted by Crippen LogP contribution is -2.13. The predicted octanol–water partition coefficient (Wildman–Crippen LogP) is 2.67. The highest BCUT2D eigenvalue weighted by atomic mass is 19.4. The number of carbonyl (C=O) groups excluding carboxylic acids is 1. The maximum Gasteiger partial charge on any atom is 0.394 e. The molecule has 0 amide bonds. The van der Waals surface area contributed by atoms with E-state index in [0.717, 1.165) is 30.0 Å². The summed E-state index contributed by atoms with van der Waals surface area (Å²) in [5, 5.41) is 14.5. The average Bonchev–Trinajstić information content (AvgIpc) is 2.91. The van der Waals surface area contributed by atoms with Crippen LogP contribution in [0, 0.1) is 10.1 Å². The molecule has 0 bridgehead atoms. The molecule has 1 aromatic heterocycles. The van der Waals surface area contributed by atoms with Crippen molar-refractivity contribution in [3.8, 4) is 5.69 Å². The van der Waals surface area contributed by atoms with Crippen LogP contribution in [-0.4, -0.2) is 34.0 Å². The van der Waals surface area contributed by atoms with E-state index in [2.05, 4.69) is 9.84 Å². The van der Waals surface area contributed by atoms with Crippen LogP contribution in [-0.2, 0) is 11.2 Å². The van der Waals surface area contributed by atoms with E-state index in [4.69, 9.17) is 0 Å². The molecule has 0 radical (unpaired) electrons. The number of rotatable bonds is 4. The minimum absolute atomic E-state index is 0.0795. The van der Waals surface area contributed by atoms with Gasteiger partial charge in [-0.05, 0) is 12.1 Å². The molecule has 0 aliphatic rings. The number of ether oxygens (including phenoxy) is 1. The van der Waals surface area contributed by atoms with Gasteiger partial charge in [-0.25, -0.2) is 9.48 Å². The minimum Gasteiger partial charge on any atom is -0.465 e. The van der Waals surface area contributed by atoms with Gasteiger partial charge >= 0.3 is 12.1 Å². The number of aromatic nitrogens is 2. The molecule has 122 valence electrons. The second-order valence-corrected chi connectivity index (χ2v) is 4.49. The zero-order valence-electron chi connectivity index (χ0n) is 11.7. The lowest BCUT2D eigenvalue weighted by atomic mass is 10.1. The average molecular weight is 329 g/mol. The summed E-state index contributed by atoms with van der Waals surface area (Å²) in [6.07, 6.45) is -4.41. The summed E-state index contributed by atoms with van der Waals surface area (Å²) in [6.45, 7) is 0. The Morgan fingerprint density at radius 1 is 1.39 bits per heavy atom. The molecule has 0 aliphatic carbocycles. The first-order valence-electron chi connectivity index (χ1n) is 6.19. The molecule has 0 saturated heterocycles. The minimum atomic E-state index is -4.42. The maximum absolute atomic E-state index is 12.4. The van der Waals surface area contributed by atoms with E-state index in [1.807, 2.05) is 0 Å². The molecular formula is C13H10F3N3O4. The quantitative estimate of drug-likeness (QED) is 0.489. The van der Waals surface area contributed by atoms with Crippen molar-refractivity contribution in [3.63, 3.8) is 0 Å². The third-order valence-electron chi connectivity index (χ3n) is 2.87. The molecule has 0 saturated carbocycles. The Bertz CT molecular complexity index is 755. The smallest absolute Gasteiger partial charge is 0.394 e. The van der Waals surface area contributed by atoms with Crippen molar-refractivity contribution < 1.29 is 27.6 Å². The van der Waals surface area contributed by atoms with Crippen LogP contribution in [0.15, 0.2) is 30.5 Å². The monoisotopic (exact) mass is 329 g/mol. The van der Waals surface area contributed by atoms with E-state index in [-0.39, 0.29) is 22.6 Å². The first-order valence-corrected chi connectivity index (χ1v) is 6.19. The second kappa shape index (κ2) is 6.07. The number of nitro benzene ring substituents is 1. The molecule has 2 aromatic rings. The van der Waals surface area contributed by atoms with Crippen LogP contribution < -0.4 is 0 Å². The summed E-state index contributed by atoms with van der Waals surface area (Å²) < 4.78 is 42.7. The van der Waals surface area contributed by atoms with Crippen LogP contribution >= 0.6 is 0 Å². The van der Waals surface area contributed by atoms with Crippen LogP contribution in [0.25, 0.3) is 5.69 Å². The summed E-state index contributed by atoms with van der Waals surface area (Å²) in [7, 11) is 1.09. The largest absolute Gasteiger partial charge is 0.465 e. The number of non-ortho nitro benzene ring substituents is 1. The standard InChI is InChI=1S/C13H10F3N3O4/c1-23-12(20)10-6-9(19(21)22)2-3-11(10)18-5-4-8(17-18)7-13(14,15)16/h2-6H,7H2,1H3. The zero-order chi connectivity index (χ0) is 17.2. The van der Waals surface area contributed by atoms with Crippen molar-refractivity contribution in [1.29, 1.82) is 0 Å². The molecule has 0 aliphatic heterocycles. The number of nitrogens with zero attached hydrogens (tertiary/aromatic N) is 3. The third-order valence-corrected chi connectivity index (χ3v) is 2.87. The molecule has 23 heavy (non-hydrogen) atoms. The van der Waals surface area contributed by atoms with Crippen molar-refractivity contribution in [1.82, 2.24) is 9.78 Å². The Labute approximate surface area is 127 Å². The van der Waals surface area contributed by atoms with Crippen molar-refractivity contribution in [2.45, 2.75) is 12.6 Å². The first kappa shape index (κ1) is 16.5. The predicted molar refractivity (Wildman–Crippen MR) is 71.3 cm³/mol. The van der Waals surface area contributed by atoms with Crippen molar-refractivity contribution in [2.75, 3.05) is 7.11 Å². The number of nitro groups is 1. The third kappa shape index (κ3) is 3.84. The summed E-state index contributed by atoms with van der Waals surface area (Å²) in [6, 6.07) is 4.46.